The molecule has 0 heterocycles. The van der Waals surface area contributed by atoms with E-state index in [-0.39, 0.29) is 12.8 Å². The van der Waals surface area contributed by atoms with Gasteiger partial charge in [0.2, 0.25) is 6.79 Å². The van der Waals surface area contributed by atoms with Crippen LogP contribution in [0, 0.1) is 0 Å². The maximum absolute atomic E-state index is 12.1. The maximum atomic E-state index is 12.1. The molecular weight excluding hydrogens is 424 g/mol. The molecule has 4 N–H and O–H groups in total. The van der Waals surface area contributed by atoms with Gasteiger partial charge in [0.25, 0.3) is 0 Å². The van der Waals surface area contributed by atoms with Gasteiger partial charge in [-0.05, 0) is 48.2 Å². The number of benzene rings is 2. The number of carbonyl (C=O) groups is 2. The van der Waals surface area contributed by atoms with Crippen LogP contribution in [-0.4, -0.2) is 44.0 Å². The van der Waals surface area contributed by atoms with Gasteiger partial charge in [-0.2, -0.15) is 0 Å². The molecule has 2 aromatic carbocycles. The number of rotatable bonds is 14. The van der Waals surface area contributed by atoms with Crippen molar-refractivity contribution in [3.05, 3.63) is 85.0 Å². The zero-order chi connectivity index (χ0) is 24.1. The topological polar surface area (TPSA) is 123 Å². The smallest absolute Gasteiger partial charge is 0.326 e. The van der Waals surface area contributed by atoms with Gasteiger partial charge in [-0.25, -0.2) is 0 Å². The number of carbonyl (C=O) groups excluding carboxylic acids is 2. The summed E-state index contributed by atoms with van der Waals surface area (Å²) < 4.78 is 20.7. The normalized spacial score (nSPS) is 12.2. The molecule has 33 heavy (non-hydrogen) atoms. The second-order valence-electron chi connectivity index (χ2n) is 7.15. The van der Waals surface area contributed by atoms with Crippen LogP contribution in [0.25, 0.3) is 0 Å². The molecular formula is C25H30N2O6. The van der Waals surface area contributed by atoms with E-state index in [4.69, 9.17) is 30.4 Å². The third-order valence-corrected chi connectivity index (χ3v) is 4.50. The summed E-state index contributed by atoms with van der Waals surface area (Å²) in [6.45, 7) is 7.44. The minimum absolute atomic E-state index is 0.264. The quantitative estimate of drug-likeness (QED) is 0.253. The van der Waals surface area contributed by atoms with Crippen LogP contribution in [0.3, 0.4) is 0 Å². The minimum Gasteiger partial charge on any atom is -0.490 e. The Labute approximate surface area is 193 Å². The summed E-state index contributed by atoms with van der Waals surface area (Å²) in [5.41, 5.74) is 13.5. The highest BCUT2D eigenvalue weighted by Gasteiger charge is 2.19. The van der Waals surface area contributed by atoms with E-state index >= 15 is 0 Å². The first-order valence-corrected chi connectivity index (χ1v) is 10.4. The molecule has 8 heteroatoms. The van der Waals surface area contributed by atoms with Crippen LogP contribution in [-0.2, 0) is 31.9 Å². The molecule has 2 unspecified atom stereocenters. The molecule has 0 saturated carbocycles. The van der Waals surface area contributed by atoms with E-state index in [0.717, 1.165) is 11.1 Å². The molecule has 0 fully saturated rings. The van der Waals surface area contributed by atoms with Crippen LogP contribution >= 0.6 is 0 Å². The number of nitrogens with two attached hydrogens (primary N) is 2. The van der Waals surface area contributed by atoms with Crippen LogP contribution in [0.2, 0.25) is 0 Å². The number of esters is 2. The Bertz CT molecular complexity index is 836. The Morgan fingerprint density at radius 2 is 1.09 bits per heavy atom. The average Bonchev–Trinajstić information content (AvgIpc) is 2.82. The fourth-order valence-electron chi connectivity index (χ4n) is 2.79. The summed E-state index contributed by atoms with van der Waals surface area (Å²) in [5, 5.41) is 0. The molecule has 0 aliphatic rings. The Morgan fingerprint density at radius 3 is 1.42 bits per heavy atom. The van der Waals surface area contributed by atoms with Crippen LogP contribution in [0.4, 0.5) is 0 Å². The summed E-state index contributed by atoms with van der Waals surface area (Å²) in [6, 6.07) is 12.5. The Balaban J connectivity index is 1.71. The third-order valence-electron chi connectivity index (χ3n) is 4.50. The Kier molecular flexibility index (Phi) is 10.7. The zero-order valence-corrected chi connectivity index (χ0v) is 18.5. The third kappa shape index (κ3) is 9.18. The maximum Gasteiger partial charge on any atom is 0.326 e. The van der Waals surface area contributed by atoms with Crippen molar-refractivity contribution in [2.45, 2.75) is 24.9 Å². The van der Waals surface area contributed by atoms with Gasteiger partial charge in [0.05, 0.1) is 0 Å². The highest BCUT2D eigenvalue weighted by Crippen LogP contribution is 2.14. The summed E-state index contributed by atoms with van der Waals surface area (Å²) >= 11 is 0. The average molecular weight is 455 g/mol. The Morgan fingerprint density at radius 1 is 0.727 bits per heavy atom. The van der Waals surface area contributed by atoms with Crippen LogP contribution in [0.15, 0.2) is 73.8 Å². The van der Waals surface area contributed by atoms with Crippen LogP contribution < -0.4 is 20.9 Å². The first-order chi connectivity index (χ1) is 15.9. The van der Waals surface area contributed by atoms with Gasteiger partial charge in [0.1, 0.15) is 36.8 Å². The lowest BCUT2D eigenvalue weighted by molar-refractivity contribution is -0.169. The van der Waals surface area contributed by atoms with E-state index in [1.165, 1.54) is 0 Å². The zero-order valence-electron chi connectivity index (χ0n) is 18.5. The lowest BCUT2D eigenvalue weighted by Gasteiger charge is -2.14. The molecule has 0 bridgehead atoms. The van der Waals surface area contributed by atoms with Crippen molar-refractivity contribution < 1.29 is 28.5 Å². The summed E-state index contributed by atoms with van der Waals surface area (Å²) in [4.78, 5) is 24.2. The molecule has 0 amide bonds. The van der Waals surface area contributed by atoms with Gasteiger partial charge in [0, 0.05) is 0 Å². The van der Waals surface area contributed by atoms with Crippen molar-refractivity contribution in [2.75, 3.05) is 20.0 Å². The molecule has 0 radical (unpaired) electrons. The van der Waals surface area contributed by atoms with Crippen LogP contribution in [0.1, 0.15) is 11.1 Å². The van der Waals surface area contributed by atoms with Gasteiger partial charge in [-0.3, -0.25) is 9.59 Å². The summed E-state index contributed by atoms with van der Waals surface area (Å²) in [5.74, 6) is 0.0157. The van der Waals surface area contributed by atoms with Gasteiger partial charge < -0.3 is 30.4 Å². The first-order valence-electron chi connectivity index (χ1n) is 10.4. The number of ether oxygens (including phenoxy) is 4. The fraction of sp³-hybridized carbons (Fsp3) is 0.280. The van der Waals surface area contributed by atoms with E-state index in [1.807, 2.05) is 24.3 Å². The largest absolute Gasteiger partial charge is 0.490 e. The number of hydrogen-bond donors (Lipinski definition) is 2. The van der Waals surface area contributed by atoms with Crippen molar-refractivity contribution in [3.8, 4) is 11.5 Å². The van der Waals surface area contributed by atoms with Crippen LogP contribution in [0.5, 0.6) is 11.5 Å². The molecule has 0 aliphatic heterocycles. The first kappa shape index (κ1) is 25.6. The van der Waals surface area contributed by atoms with E-state index in [9.17, 15) is 9.59 Å². The number of hydrogen-bond acceptors (Lipinski definition) is 8. The highest BCUT2D eigenvalue weighted by molar-refractivity contribution is 5.77. The van der Waals surface area contributed by atoms with Crippen molar-refractivity contribution in [3.63, 3.8) is 0 Å². The highest BCUT2D eigenvalue weighted by atomic mass is 16.7. The SMILES string of the molecule is C=CCOc1ccc(CC(N)C(=O)OCOC(=O)C(N)Cc2ccc(OCC=C)cc2)cc1. The van der Waals surface area contributed by atoms with E-state index < -0.39 is 30.8 Å². The monoisotopic (exact) mass is 454 g/mol. The standard InChI is InChI=1S/C25H30N2O6/c1-3-13-30-20-9-5-18(6-10-20)15-22(26)24(28)32-17-33-25(29)23(27)16-19-7-11-21(12-8-19)31-14-4-2/h3-12,22-23H,1-2,13-17,26-27H2. The van der Waals surface area contributed by atoms with E-state index in [2.05, 4.69) is 13.2 Å². The molecule has 2 rings (SSSR count). The molecule has 176 valence electrons. The summed E-state index contributed by atoms with van der Waals surface area (Å²) in [6.07, 6.45) is 3.83. The molecule has 2 atom stereocenters. The predicted molar refractivity (Wildman–Crippen MR) is 125 cm³/mol. The van der Waals surface area contributed by atoms with E-state index in [1.54, 1.807) is 36.4 Å². The van der Waals surface area contributed by atoms with Gasteiger partial charge in [-0.15, -0.1) is 0 Å². The second-order valence-corrected chi connectivity index (χ2v) is 7.15. The van der Waals surface area contributed by atoms with Crippen molar-refractivity contribution >= 4 is 11.9 Å². The Hall–Kier alpha value is -3.62. The molecule has 0 aliphatic carbocycles. The minimum atomic E-state index is -0.904. The van der Waals surface area contributed by atoms with E-state index in [0.29, 0.717) is 24.7 Å². The summed E-state index contributed by atoms with van der Waals surface area (Å²) in [7, 11) is 0. The molecule has 2 aromatic rings. The molecule has 0 spiro atoms. The van der Waals surface area contributed by atoms with Gasteiger partial charge >= 0.3 is 11.9 Å². The van der Waals surface area contributed by atoms with Gasteiger partial charge in [-0.1, -0.05) is 49.6 Å². The second kappa shape index (κ2) is 13.7. The lowest BCUT2D eigenvalue weighted by Crippen LogP contribution is -2.37. The predicted octanol–water partition coefficient (Wildman–Crippen LogP) is 2.30. The van der Waals surface area contributed by atoms with Gasteiger partial charge in [0.15, 0.2) is 0 Å². The molecule has 8 nitrogen and oxygen atoms in total. The fourth-order valence-corrected chi connectivity index (χ4v) is 2.79. The molecule has 0 saturated heterocycles. The van der Waals surface area contributed by atoms with Crippen molar-refractivity contribution in [1.82, 2.24) is 0 Å². The van der Waals surface area contributed by atoms with Crippen molar-refractivity contribution in [1.29, 1.82) is 0 Å². The molecule has 0 aromatic heterocycles. The lowest BCUT2D eigenvalue weighted by atomic mass is 10.1. The van der Waals surface area contributed by atoms with Crippen molar-refractivity contribution in [2.24, 2.45) is 11.5 Å².